The molecule has 0 spiro atoms. The summed E-state index contributed by atoms with van der Waals surface area (Å²) in [4.78, 5) is 39.7. The molecule has 1 aliphatic heterocycles. The molecule has 3 rings (SSSR count). The predicted molar refractivity (Wildman–Crippen MR) is 103 cm³/mol. The van der Waals surface area contributed by atoms with Crippen LogP contribution in [0.3, 0.4) is 0 Å². The Hall–Kier alpha value is -3.59. The number of carbonyl (C=O) groups excluding carboxylic acids is 3. The number of methoxy groups -OCH3 is 1. The third-order valence-corrected chi connectivity index (χ3v) is 4.72. The Labute approximate surface area is 163 Å². The first-order chi connectivity index (χ1) is 13.5. The van der Waals surface area contributed by atoms with Crippen LogP contribution in [0, 0.1) is 17.8 Å². The van der Waals surface area contributed by atoms with Gasteiger partial charge in [-0.3, -0.25) is 19.4 Å². The van der Waals surface area contributed by atoms with Crippen LogP contribution in [0.2, 0.25) is 0 Å². The van der Waals surface area contributed by atoms with Crippen LogP contribution < -0.4 is 4.74 Å². The molecule has 1 saturated heterocycles. The van der Waals surface area contributed by atoms with E-state index in [2.05, 4.69) is 11.8 Å². The van der Waals surface area contributed by atoms with Crippen LogP contribution in [-0.4, -0.2) is 48.9 Å². The zero-order valence-electron chi connectivity index (χ0n) is 15.9. The highest BCUT2D eigenvalue weighted by Crippen LogP contribution is 2.35. The van der Waals surface area contributed by atoms with E-state index in [1.807, 2.05) is 30.3 Å². The first-order valence-corrected chi connectivity index (χ1v) is 8.74. The maximum Gasteiger partial charge on any atom is 0.332 e. The molecule has 0 radical (unpaired) electrons. The first-order valence-electron chi connectivity index (χ1n) is 8.74. The summed E-state index contributed by atoms with van der Waals surface area (Å²) in [5, 5.41) is 0. The average molecular weight is 376 g/mol. The predicted octanol–water partition coefficient (Wildman–Crippen LogP) is 2.50. The summed E-state index contributed by atoms with van der Waals surface area (Å²) in [7, 11) is 4.25. The van der Waals surface area contributed by atoms with E-state index in [4.69, 9.17) is 4.74 Å². The lowest BCUT2D eigenvalue weighted by Gasteiger charge is -2.35. The number of barbiturate groups is 1. The zero-order valence-corrected chi connectivity index (χ0v) is 15.9. The van der Waals surface area contributed by atoms with Crippen molar-refractivity contribution in [2.45, 2.75) is 5.92 Å². The van der Waals surface area contributed by atoms with Crippen molar-refractivity contribution < 1.29 is 19.1 Å². The Bertz CT molecular complexity index is 951. The smallest absolute Gasteiger partial charge is 0.332 e. The van der Waals surface area contributed by atoms with E-state index in [1.165, 1.54) is 21.2 Å². The van der Waals surface area contributed by atoms with Gasteiger partial charge in [-0.1, -0.05) is 48.2 Å². The van der Waals surface area contributed by atoms with Gasteiger partial charge < -0.3 is 4.74 Å². The minimum atomic E-state index is -1.14. The fourth-order valence-corrected chi connectivity index (χ4v) is 3.17. The third kappa shape index (κ3) is 3.47. The molecule has 2 aromatic carbocycles. The number of amides is 4. The topological polar surface area (TPSA) is 66.9 Å². The monoisotopic (exact) mass is 376 g/mol. The first kappa shape index (κ1) is 19.2. The van der Waals surface area contributed by atoms with E-state index in [0.29, 0.717) is 11.3 Å². The number of carbonyl (C=O) groups is 3. The number of benzene rings is 2. The highest BCUT2D eigenvalue weighted by atomic mass is 16.5. The van der Waals surface area contributed by atoms with Gasteiger partial charge >= 0.3 is 6.03 Å². The van der Waals surface area contributed by atoms with Crippen molar-refractivity contribution >= 4 is 17.8 Å². The Morgan fingerprint density at radius 2 is 1.46 bits per heavy atom. The standard InChI is InChI=1S/C22H20N2O4/c1-23-20(25)19(21(26)24(2)22(23)27)17(14-13-15-9-5-4-6-10-15)16-11-7-8-12-18(16)28-3/h4-12,17,19H,1-3H3. The molecule has 6 heteroatoms. The molecule has 0 N–H and O–H groups in total. The molecule has 0 saturated carbocycles. The molecule has 1 unspecified atom stereocenters. The lowest BCUT2D eigenvalue weighted by atomic mass is 9.82. The number of hydrogen-bond donors (Lipinski definition) is 0. The lowest BCUT2D eigenvalue weighted by molar-refractivity contribution is -0.148. The molecule has 1 fully saturated rings. The molecular weight excluding hydrogens is 356 g/mol. The highest BCUT2D eigenvalue weighted by Gasteiger charge is 2.47. The maximum absolute atomic E-state index is 12.9. The Morgan fingerprint density at radius 1 is 0.893 bits per heavy atom. The minimum Gasteiger partial charge on any atom is -0.496 e. The van der Waals surface area contributed by atoms with Crippen LogP contribution in [0.4, 0.5) is 4.79 Å². The van der Waals surface area contributed by atoms with Crippen LogP contribution in [0.25, 0.3) is 0 Å². The van der Waals surface area contributed by atoms with E-state index < -0.39 is 29.7 Å². The Kier molecular flexibility index (Phi) is 5.46. The normalized spacial score (nSPS) is 15.9. The molecule has 0 aliphatic carbocycles. The van der Waals surface area contributed by atoms with Gasteiger partial charge in [0.2, 0.25) is 11.8 Å². The molecular formula is C22H20N2O4. The summed E-state index contributed by atoms with van der Waals surface area (Å²) in [6.45, 7) is 0. The summed E-state index contributed by atoms with van der Waals surface area (Å²) in [5.41, 5.74) is 1.38. The largest absolute Gasteiger partial charge is 0.496 e. The Balaban J connectivity index is 2.13. The minimum absolute atomic E-state index is 0.526. The van der Waals surface area contributed by atoms with Gasteiger partial charge in [-0.25, -0.2) is 4.79 Å². The van der Waals surface area contributed by atoms with Gasteiger partial charge in [0.1, 0.15) is 11.7 Å². The molecule has 1 heterocycles. The van der Waals surface area contributed by atoms with E-state index in [1.54, 1.807) is 24.3 Å². The summed E-state index contributed by atoms with van der Waals surface area (Å²) in [5.74, 6) is 3.58. The lowest BCUT2D eigenvalue weighted by Crippen LogP contribution is -2.58. The van der Waals surface area contributed by atoms with Gasteiger partial charge in [0, 0.05) is 25.2 Å². The molecule has 1 atom stereocenters. The van der Waals surface area contributed by atoms with Gasteiger partial charge in [-0.05, 0) is 18.2 Å². The second-order valence-corrected chi connectivity index (χ2v) is 6.41. The molecule has 2 aromatic rings. The van der Waals surface area contributed by atoms with Crippen molar-refractivity contribution in [1.82, 2.24) is 9.80 Å². The van der Waals surface area contributed by atoms with Crippen LogP contribution in [0.15, 0.2) is 54.6 Å². The molecule has 4 amide bonds. The van der Waals surface area contributed by atoms with E-state index in [-0.39, 0.29) is 0 Å². The van der Waals surface area contributed by atoms with Crippen LogP contribution in [-0.2, 0) is 9.59 Å². The summed E-state index contributed by atoms with van der Waals surface area (Å²) >= 11 is 0. The van der Waals surface area contributed by atoms with Gasteiger partial charge in [-0.2, -0.15) is 0 Å². The highest BCUT2D eigenvalue weighted by molar-refractivity contribution is 6.16. The van der Waals surface area contributed by atoms with Crippen molar-refractivity contribution in [3.63, 3.8) is 0 Å². The SMILES string of the molecule is COc1ccccc1C(C#Cc1ccccc1)C1C(=O)N(C)C(=O)N(C)C1=O. The number of rotatable bonds is 3. The number of nitrogens with zero attached hydrogens (tertiary/aromatic N) is 2. The van der Waals surface area contributed by atoms with Crippen molar-refractivity contribution in [1.29, 1.82) is 0 Å². The molecule has 1 aliphatic rings. The number of ether oxygens (including phenoxy) is 1. The second kappa shape index (κ2) is 7.97. The molecule has 6 nitrogen and oxygen atoms in total. The summed E-state index contributed by atoms with van der Waals surface area (Å²) in [6.07, 6.45) is 0. The van der Waals surface area contributed by atoms with Gasteiger partial charge in [-0.15, -0.1) is 0 Å². The van der Waals surface area contributed by atoms with Gasteiger partial charge in [0.15, 0.2) is 0 Å². The van der Waals surface area contributed by atoms with E-state index in [0.717, 1.165) is 15.4 Å². The number of urea groups is 1. The Morgan fingerprint density at radius 3 is 2.07 bits per heavy atom. The van der Waals surface area contributed by atoms with Crippen molar-refractivity contribution in [2.75, 3.05) is 21.2 Å². The quantitative estimate of drug-likeness (QED) is 0.610. The van der Waals surface area contributed by atoms with Crippen LogP contribution >= 0.6 is 0 Å². The molecule has 0 aromatic heterocycles. The fraction of sp³-hybridized carbons (Fsp3) is 0.227. The summed E-state index contributed by atoms with van der Waals surface area (Å²) < 4.78 is 5.43. The molecule has 142 valence electrons. The van der Waals surface area contributed by atoms with Crippen LogP contribution in [0.5, 0.6) is 5.75 Å². The maximum atomic E-state index is 12.9. The van der Waals surface area contributed by atoms with Crippen molar-refractivity contribution in [3.05, 3.63) is 65.7 Å². The molecule has 0 bridgehead atoms. The third-order valence-electron chi connectivity index (χ3n) is 4.72. The number of imide groups is 2. The summed E-state index contributed by atoms with van der Waals surface area (Å²) in [6, 6.07) is 15.8. The van der Waals surface area contributed by atoms with Gasteiger partial charge in [0.25, 0.3) is 0 Å². The zero-order chi connectivity index (χ0) is 20.3. The van der Waals surface area contributed by atoms with E-state index in [9.17, 15) is 14.4 Å². The second-order valence-electron chi connectivity index (χ2n) is 6.41. The fourth-order valence-electron chi connectivity index (χ4n) is 3.17. The van der Waals surface area contributed by atoms with Crippen LogP contribution in [0.1, 0.15) is 17.0 Å². The number of hydrogen-bond acceptors (Lipinski definition) is 4. The molecule has 28 heavy (non-hydrogen) atoms. The van der Waals surface area contributed by atoms with Gasteiger partial charge in [0.05, 0.1) is 13.0 Å². The van der Waals surface area contributed by atoms with Crippen molar-refractivity contribution in [3.8, 4) is 17.6 Å². The van der Waals surface area contributed by atoms with Crippen molar-refractivity contribution in [2.24, 2.45) is 5.92 Å². The van der Waals surface area contributed by atoms with E-state index >= 15 is 0 Å². The average Bonchev–Trinajstić information content (AvgIpc) is 2.74. The number of para-hydroxylation sites is 1.